The summed E-state index contributed by atoms with van der Waals surface area (Å²) in [6.07, 6.45) is 1.21. The van der Waals surface area contributed by atoms with Crippen LogP contribution in [-0.2, 0) is 6.54 Å². The van der Waals surface area contributed by atoms with Gasteiger partial charge in [0.05, 0.1) is 35.3 Å². The lowest BCUT2D eigenvalue weighted by molar-refractivity contribution is 0.527. The minimum Gasteiger partial charge on any atom is -0.316 e. The Hall–Kier alpha value is -3.20. The van der Waals surface area contributed by atoms with E-state index in [2.05, 4.69) is 59.1 Å². The summed E-state index contributed by atoms with van der Waals surface area (Å²) in [4.78, 5) is 5.11. The first-order valence-corrected chi connectivity index (χ1v) is 10.5. The molecule has 30 heavy (non-hydrogen) atoms. The van der Waals surface area contributed by atoms with Crippen LogP contribution < -0.4 is 15.8 Å². The molecule has 1 aromatic heterocycles. The molecular weight excluding hydrogens is 370 g/mol. The Morgan fingerprint density at radius 1 is 1.10 bits per heavy atom. The van der Waals surface area contributed by atoms with E-state index < -0.39 is 0 Å². The quantitative estimate of drug-likeness (QED) is 0.698. The van der Waals surface area contributed by atoms with E-state index >= 15 is 0 Å². The molecule has 0 spiro atoms. The topological polar surface area (TPSA) is 64.0 Å². The van der Waals surface area contributed by atoms with Crippen molar-refractivity contribution in [1.82, 2.24) is 15.7 Å². The molecule has 0 aliphatic carbocycles. The fourth-order valence-corrected chi connectivity index (χ4v) is 4.33. The maximum Gasteiger partial charge on any atom is 0.0991 e. The summed E-state index contributed by atoms with van der Waals surface area (Å²) >= 11 is 0. The number of anilines is 1. The van der Waals surface area contributed by atoms with Crippen LogP contribution in [-0.4, -0.2) is 24.6 Å². The van der Waals surface area contributed by atoms with Crippen molar-refractivity contribution >= 4 is 5.69 Å². The first kappa shape index (κ1) is 18.8. The zero-order chi connectivity index (χ0) is 20.5. The van der Waals surface area contributed by atoms with Crippen LogP contribution in [0.5, 0.6) is 0 Å². The van der Waals surface area contributed by atoms with Gasteiger partial charge in [-0.3, -0.25) is 0 Å². The van der Waals surface area contributed by atoms with E-state index in [9.17, 15) is 5.26 Å². The SMILES string of the molecule is Cc1ccc(-c2nc3c(cc2-c2ccc(C#N)cc2)N(C[C@H]2CCNC2)NC3)cc1. The van der Waals surface area contributed by atoms with Gasteiger partial charge >= 0.3 is 0 Å². The second-order valence-electron chi connectivity index (χ2n) is 8.21. The molecule has 3 aromatic rings. The van der Waals surface area contributed by atoms with E-state index in [0.717, 1.165) is 59.9 Å². The zero-order valence-corrected chi connectivity index (χ0v) is 17.2. The second-order valence-corrected chi connectivity index (χ2v) is 8.21. The molecule has 150 valence electrons. The fourth-order valence-electron chi connectivity index (χ4n) is 4.33. The van der Waals surface area contributed by atoms with E-state index in [-0.39, 0.29) is 0 Å². The summed E-state index contributed by atoms with van der Waals surface area (Å²) in [5, 5.41) is 14.9. The molecule has 2 N–H and O–H groups in total. The Bertz CT molecular complexity index is 1090. The smallest absolute Gasteiger partial charge is 0.0991 e. The molecule has 2 aliphatic heterocycles. The van der Waals surface area contributed by atoms with Gasteiger partial charge in [0.2, 0.25) is 0 Å². The predicted molar refractivity (Wildman–Crippen MR) is 120 cm³/mol. The Balaban J connectivity index is 1.59. The Kier molecular flexibility index (Phi) is 4.96. The van der Waals surface area contributed by atoms with E-state index in [1.165, 1.54) is 12.0 Å². The Labute approximate surface area is 177 Å². The molecule has 1 atom stereocenters. The van der Waals surface area contributed by atoms with Crippen LogP contribution in [0, 0.1) is 24.2 Å². The first-order chi connectivity index (χ1) is 14.7. The molecule has 0 bridgehead atoms. The molecule has 2 aliphatic rings. The van der Waals surface area contributed by atoms with Gasteiger partial charge in [0.15, 0.2) is 0 Å². The number of aryl methyl sites for hydroxylation is 1. The number of hydrogen-bond acceptors (Lipinski definition) is 5. The predicted octanol–water partition coefficient (Wildman–Crippen LogP) is 4.03. The van der Waals surface area contributed by atoms with Gasteiger partial charge in [-0.15, -0.1) is 0 Å². The second kappa shape index (κ2) is 7.91. The van der Waals surface area contributed by atoms with E-state index in [4.69, 9.17) is 4.98 Å². The Morgan fingerprint density at radius 3 is 2.57 bits per heavy atom. The molecule has 1 saturated heterocycles. The van der Waals surface area contributed by atoms with Crippen molar-refractivity contribution in [2.24, 2.45) is 5.92 Å². The van der Waals surface area contributed by atoms with E-state index in [0.29, 0.717) is 11.5 Å². The van der Waals surface area contributed by atoms with Crippen molar-refractivity contribution in [2.45, 2.75) is 19.9 Å². The van der Waals surface area contributed by atoms with Crippen molar-refractivity contribution in [2.75, 3.05) is 24.6 Å². The monoisotopic (exact) mass is 395 g/mol. The molecule has 3 heterocycles. The standard InChI is InChI=1S/C25H25N5/c1-17-2-6-21(7-3-17)25-22(20-8-4-18(13-26)5-9-20)12-24-23(29-25)15-28-30(24)16-19-10-11-27-14-19/h2-9,12,19,27-28H,10-11,14-16H2,1H3/t19-/m0/s1. The van der Waals surface area contributed by atoms with Crippen LogP contribution in [0.1, 0.15) is 23.2 Å². The lowest BCUT2D eigenvalue weighted by Crippen LogP contribution is -2.37. The van der Waals surface area contributed by atoms with Crippen LogP contribution in [0.15, 0.2) is 54.6 Å². The highest BCUT2D eigenvalue weighted by molar-refractivity contribution is 5.84. The minimum absolute atomic E-state index is 0.651. The molecule has 5 nitrogen and oxygen atoms in total. The third-order valence-electron chi connectivity index (χ3n) is 6.06. The van der Waals surface area contributed by atoms with Crippen LogP contribution in [0.25, 0.3) is 22.4 Å². The highest BCUT2D eigenvalue weighted by atomic mass is 15.5. The Morgan fingerprint density at radius 2 is 1.87 bits per heavy atom. The summed E-state index contributed by atoms with van der Waals surface area (Å²) in [6.45, 7) is 6.01. The average molecular weight is 396 g/mol. The lowest BCUT2D eigenvalue weighted by Gasteiger charge is -2.23. The largest absolute Gasteiger partial charge is 0.316 e. The number of nitrogens with one attached hydrogen (secondary N) is 2. The molecule has 1 fully saturated rings. The molecule has 0 saturated carbocycles. The minimum atomic E-state index is 0.651. The number of pyridine rings is 1. The molecule has 2 aromatic carbocycles. The molecule has 5 heteroatoms. The van der Waals surface area contributed by atoms with Crippen LogP contribution in [0.4, 0.5) is 5.69 Å². The third-order valence-corrected chi connectivity index (χ3v) is 6.06. The van der Waals surface area contributed by atoms with Gasteiger partial charge < -0.3 is 10.3 Å². The van der Waals surface area contributed by atoms with Crippen molar-refractivity contribution in [3.8, 4) is 28.5 Å². The fraction of sp³-hybridized carbons (Fsp3) is 0.280. The number of benzene rings is 2. The van der Waals surface area contributed by atoms with Crippen molar-refractivity contribution in [3.05, 3.63) is 71.4 Å². The third kappa shape index (κ3) is 3.56. The van der Waals surface area contributed by atoms with Gasteiger partial charge in [-0.2, -0.15) is 5.26 Å². The molecule has 0 amide bonds. The number of hydrazine groups is 1. The van der Waals surface area contributed by atoms with Crippen molar-refractivity contribution < 1.29 is 0 Å². The summed E-state index contributed by atoms with van der Waals surface area (Å²) in [6, 6.07) is 20.8. The number of fused-ring (bicyclic) bond motifs is 1. The van der Waals surface area contributed by atoms with Gasteiger partial charge in [0.25, 0.3) is 0 Å². The number of nitriles is 1. The van der Waals surface area contributed by atoms with Crippen LogP contribution >= 0.6 is 0 Å². The summed E-state index contributed by atoms with van der Waals surface area (Å²) in [5.41, 5.74) is 12.0. The van der Waals surface area contributed by atoms with Gasteiger partial charge in [0.1, 0.15) is 0 Å². The van der Waals surface area contributed by atoms with Gasteiger partial charge in [-0.05, 0) is 56.1 Å². The van der Waals surface area contributed by atoms with Crippen molar-refractivity contribution in [3.63, 3.8) is 0 Å². The molecule has 5 rings (SSSR count). The first-order valence-electron chi connectivity index (χ1n) is 10.5. The van der Waals surface area contributed by atoms with E-state index in [1.807, 2.05) is 24.3 Å². The van der Waals surface area contributed by atoms with Crippen LogP contribution in [0.3, 0.4) is 0 Å². The zero-order valence-electron chi connectivity index (χ0n) is 17.2. The van der Waals surface area contributed by atoms with Gasteiger partial charge in [-0.25, -0.2) is 10.4 Å². The van der Waals surface area contributed by atoms with Crippen molar-refractivity contribution in [1.29, 1.82) is 5.26 Å². The highest BCUT2D eigenvalue weighted by Crippen LogP contribution is 2.37. The van der Waals surface area contributed by atoms with Gasteiger partial charge in [-0.1, -0.05) is 42.0 Å². The lowest BCUT2D eigenvalue weighted by atomic mass is 9.96. The van der Waals surface area contributed by atoms with Gasteiger partial charge in [0, 0.05) is 17.7 Å². The molecular formula is C25H25N5. The van der Waals surface area contributed by atoms with Crippen LogP contribution in [0.2, 0.25) is 0 Å². The molecule has 0 radical (unpaired) electrons. The maximum atomic E-state index is 9.17. The average Bonchev–Trinajstić information content (AvgIpc) is 3.44. The number of rotatable bonds is 4. The number of nitrogens with zero attached hydrogens (tertiary/aromatic N) is 3. The summed E-state index contributed by atoms with van der Waals surface area (Å²) in [5.74, 6) is 0.651. The maximum absolute atomic E-state index is 9.17. The summed E-state index contributed by atoms with van der Waals surface area (Å²) < 4.78 is 0. The summed E-state index contributed by atoms with van der Waals surface area (Å²) in [7, 11) is 0. The number of aromatic nitrogens is 1. The number of hydrogen-bond donors (Lipinski definition) is 2. The highest BCUT2D eigenvalue weighted by Gasteiger charge is 2.27. The molecule has 0 unspecified atom stereocenters. The normalized spacial score (nSPS) is 17.7. The van der Waals surface area contributed by atoms with E-state index in [1.54, 1.807) is 0 Å².